The number of furan rings is 1. The van der Waals surface area contributed by atoms with Gasteiger partial charge in [-0.15, -0.1) is 0 Å². The van der Waals surface area contributed by atoms with Crippen molar-refractivity contribution in [3.63, 3.8) is 0 Å². The van der Waals surface area contributed by atoms with Gasteiger partial charge in [0, 0.05) is 23.3 Å². The van der Waals surface area contributed by atoms with Crippen molar-refractivity contribution in [3.8, 4) is 5.69 Å². The monoisotopic (exact) mass is 435 g/mol. The lowest BCUT2D eigenvalue weighted by Crippen LogP contribution is -2.18. The summed E-state index contributed by atoms with van der Waals surface area (Å²) in [6.07, 6.45) is -0.282. The van der Waals surface area contributed by atoms with Crippen molar-refractivity contribution in [1.29, 1.82) is 0 Å². The summed E-state index contributed by atoms with van der Waals surface area (Å²) < 4.78 is 48.0. The van der Waals surface area contributed by atoms with E-state index < -0.39 is 17.6 Å². The van der Waals surface area contributed by atoms with E-state index in [0.717, 1.165) is 22.2 Å². The normalized spacial score (nSPS) is 11.8. The molecule has 32 heavy (non-hydrogen) atoms. The van der Waals surface area contributed by atoms with E-state index in [1.54, 1.807) is 12.3 Å². The molecule has 3 aromatic carbocycles. The predicted octanol–water partition coefficient (Wildman–Crippen LogP) is 5.97. The van der Waals surface area contributed by atoms with Gasteiger partial charge >= 0.3 is 6.18 Å². The Labute approximate surface area is 180 Å². The van der Waals surface area contributed by atoms with E-state index in [0.29, 0.717) is 11.1 Å². The molecule has 2 heterocycles. The molecule has 5 nitrogen and oxygen atoms in total. The second-order valence-corrected chi connectivity index (χ2v) is 7.32. The van der Waals surface area contributed by atoms with E-state index in [1.807, 2.05) is 36.4 Å². The van der Waals surface area contributed by atoms with Gasteiger partial charge in [-0.2, -0.15) is 18.3 Å². The zero-order chi connectivity index (χ0) is 22.3. The maximum Gasteiger partial charge on any atom is 0.418 e. The van der Waals surface area contributed by atoms with Gasteiger partial charge in [0.05, 0.1) is 29.6 Å². The van der Waals surface area contributed by atoms with E-state index >= 15 is 0 Å². The van der Waals surface area contributed by atoms with Crippen LogP contribution in [0.2, 0.25) is 0 Å². The highest BCUT2D eigenvalue weighted by Gasteiger charge is 2.34. The Balaban J connectivity index is 1.46. The molecular formula is C24H16F3N3O2. The fourth-order valence-corrected chi connectivity index (χ4v) is 3.81. The number of aromatic nitrogens is 2. The van der Waals surface area contributed by atoms with Gasteiger partial charge in [-0.1, -0.05) is 30.3 Å². The van der Waals surface area contributed by atoms with Gasteiger partial charge < -0.3 is 9.73 Å². The van der Waals surface area contributed by atoms with Crippen molar-refractivity contribution in [2.24, 2.45) is 0 Å². The van der Waals surface area contributed by atoms with Crippen molar-refractivity contribution in [3.05, 3.63) is 90.4 Å². The summed E-state index contributed by atoms with van der Waals surface area (Å²) in [4.78, 5) is 12.7. The van der Waals surface area contributed by atoms with Crippen LogP contribution in [0.4, 0.5) is 18.9 Å². The summed E-state index contributed by atoms with van der Waals surface area (Å²) in [6, 6.07) is 16.7. The Kier molecular flexibility index (Phi) is 4.70. The van der Waals surface area contributed by atoms with E-state index in [1.165, 1.54) is 29.3 Å². The average Bonchev–Trinajstić information content (AvgIpc) is 3.44. The SMILES string of the molecule is O=C(Cc1coc2ccc3ccccc3c12)Nc1ccc(-n2cccn2)cc1C(F)(F)F. The van der Waals surface area contributed by atoms with Crippen LogP contribution in [-0.4, -0.2) is 15.7 Å². The number of fused-ring (bicyclic) bond motifs is 3. The van der Waals surface area contributed by atoms with Gasteiger partial charge in [0.2, 0.25) is 5.91 Å². The molecule has 0 saturated carbocycles. The number of anilines is 1. The Morgan fingerprint density at radius 2 is 1.91 bits per heavy atom. The molecule has 1 amide bonds. The molecule has 0 atom stereocenters. The first-order valence-electron chi connectivity index (χ1n) is 9.79. The smallest absolute Gasteiger partial charge is 0.418 e. The van der Waals surface area contributed by atoms with Gasteiger partial charge in [0.15, 0.2) is 0 Å². The van der Waals surface area contributed by atoms with Gasteiger partial charge in [-0.25, -0.2) is 4.68 Å². The van der Waals surface area contributed by atoms with Crippen LogP contribution in [0.3, 0.4) is 0 Å². The van der Waals surface area contributed by atoms with Gasteiger partial charge in [-0.05, 0) is 41.1 Å². The van der Waals surface area contributed by atoms with Crippen molar-refractivity contribution in [1.82, 2.24) is 9.78 Å². The summed E-state index contributed by atoms with van der Waals surface area (Å²) in [5.41, 5.74) is 0.215. The van der Waals surface area contributed by atoms with Crippen LogP contribution in [0.25, 0.3) is 27.4 Å². The van der Waals surface area contributed by atoms with Gasteiger partial charge in [-0.3, -0.25) is 4.79 Å². The van der Waals surface area contributed by atoms with Crippen molar-refractivity contribution >= 4 is 33.3 Å². The third kappa shape index (κ3) is 3.60. The first-order valence-corrected chi connectivity index (χ1v) is 9.79. The number of carbonyl (C=O) groups excluding carboxylic acids is 1. The number of carbonyl (C=O) groups is 1. The Morgan fingerprint density at radius 1 is 1.06 bits per heavy atom. The zero-order valence-corrected chi connectivity index (χ0v) is 16.6. The van der Waals surface area contributed by atoms with Gasteiger partial charge in [0.1, 0.15) is 5.58 Å². The number of amides is 1. The highest BCUT2D eigenvalue weighted by molar-refractivity contribution is 6.09. The Morgan fingerprint density at radius 3 is 2.69 bits per heavy atom. The van der Waals surface area contributed by atoms with E-state index in [9.17, 15) is 18.0 Å². The first-order chi connectivity index (χ1) is 15.4. The topological polar surface area (TPSA) is 60.1 Å². The van der Waals surface area contributed by atoms with E-state index in [-0.39, 0.29) is 17.8 Å². The number of hydrogen-bond donors (Lipinski definition) is 1. The largest absolute Gasteiger partial charge is 0.464 e. The van der Waals surface area contributed by atoms with Crippen molar-refractivity contribution in [2.75, 3.05) is 5.32 Å². The van der Waals surface area contributed by atoms with Crippen molar-refractivity contribution in [2.45, 2.75) is 12.6 Å². The number of hydrogen-bond acceptors (Lipinski definition) is 3. The number of nitrogens with one attached hydrogen (secondary N) is 1. The standard InChI is InChI=1S/C24H16F3N3O2/c25-24(26,27)19-13-17(30-11-3-10-28-30)7-8-20(19)29-22(31)12-16-14-32-21-9-6-15-4-1-2-5-18(15)23(16)21/h1-11,13-14H,12H2,(H,29,31). The van der Waals surface area contributed by atoms with Crippen LogP contribution < -0.4 is 5.32 Å². The number of rotatable bonds is 4. The van der Waals surface area contributed by atoms with Crippen molar-refractivity contribution < 1.29 is 22.4 Å². The lowest BCUT2D eigenvalue weighted by atomic mass is 10.0. The molecule has 5 aromatic rings. The second-order valence-electron chi connectivity index (χ2n) is 7.32. The van der Waals surface area contributed by atoms with Crippen LogP contribution in [-0.2, 0) is 17.4 Å². The Hall–Kier alpha value is -4.07. The molecule has 0 bridgehead atoms. The lowest BCUT2D eigenvalue weighted by molar-refractivity contribution is -0.137. The van der Waals surface area contributed by atoms with E-state index in [2.05, 4.69) is 10.4 Å². The summed E-state index contributed by atoms with van der Waals surface area (Å²) in [5, 5.41) is 9.05. The summed E-state index contributed by atoms with van der Waals surface area (Å²) in [5.74, 6) is -0.571. The highest BCUT2D eigenvalue weighted by Crippen LogP contribution is 2.36. The van der Waals surface area contributed by atoms with E-state index in [4.69, 9.17) is 4.42 Å². The fraction of sp³-hybridized carbons (Fsp3) is 0.0833. The Bertz CT molecular complexity index is 1440. The molecule has 0 fully saturated rings. The van der Waals surface area contributed by atoms with Gasteiger partial charge in [0.25, 0.3) is 0 Å². The zero-order valence-electron chi connectivity index (χ0n) is 16.6. The van der Waals surface area contributed by atoms with Crippen LogP contribution in [0.15, 0.2) is 83.7 Å². The van der Waals surface area contributed by atoms with Crippen LogP contribution >= 0.6 is 0 Å². The quantitative estimate of drug-likeness (QED) is 0.378. The molecule has 0 aliphatic carbocycles. The third-order valence-electron chi connectivity index (χ3n) is 5.24. The van der Waals surface area contributed by atoms with Crippen LogP contribution in [0.1, 0.15) is 11.1 Å². The molecule has 5 rings (SSSR count). The predicted molar refractivity (Wildman–Crippen MR) is 115 cm³/mol. The summed E-state index contributed by atoms with van der Waals surface area (Å²) >= 11 is 0. The molecule has 1 N–H and O–H groups in total. The molecule has 160 valence electrons. The van der Waals surface area contributed by atoms with Crippen LogP contribution in [0, 0.1) is 0 Å². The third-order valence-corrected chi connectivity index (χ3v) is 5.24. The maximum atomic E-state index is 13.7. The highest BCUT2D eigenvalue weighted by atomic mass is 19.4. The molecule has 0 unspecified atom stereocenters. The fourth-order valence-electron chi connectivity index (χ4n) is 3.81. The van der Waals surface area contributed by atoms with Crippen LogP contribution in [0.5, 0.6) is 0 Å². The molecular weight excluding hydrogens is 419 g/mol. The lowest BCUT2D eigenvalue weighted by Gasteiger charge is -2.15. The molecule has 0 saturated heterocycles. The number of halogens is 3. The number of benzene rings is 3. The minimum atomic E-state index is -4.65. The summed E-state index contributed by atoms with van der Waals surface area (Å²) in [6.45, 7) is 0. The molecule has 0 aliphatic heterocycles. The molecule has 0 radical (unpaired) electrons. The molecule has 0 aliphatic rings. The number of nitrogens with zero attached hydrogens (tertiary/aromatic N) is 2. The molecule has 0 spiro atoms. The molecule has 8 heteroatoms. The molecule has 2 aromatic heterocycles. The minimum absolute atomic E-state index is 0.126. The number of alkyl halides is 3. The minimum Gasteiger partial charge on any atom is -0.464 e. The maximum absolute atomic E-state index is 13.7. The summed E-state index contributed by atoms with van der Waals surface area (Å²) in [7, 11) is 0. The average molecular weight is 435 g/mol. The second kappa shape index (κ2) is 7.56. The first kappa shape index (κ1) is 19.9.